The van der Waals surface area contributed by atoms with Crippen LogP contribution in [0.5, 0.6) is 0 Å². The van der Waals surface area contributed by atoms with E-state index >= 15 is 0 Å². The fraction of sp³-hybridized carbons (Fsp3) is 0.500. The standard InChI is InChI=1S/C16H25N/c1-5-15(14-9-7-6-8-10-14)16(17-4)12-11-13(2)3/h6-10,15-17H,2,5,11-12H2,1,3-4H3. The molecule has 2 unspecified atom stereocenters. The number of benzene rings is 1. The second-order valence-corrected chi connectivity index (χ2v) is 4.82. The summed E-state index contributed by atoms with van der Waals surface area (Å²) >= 11 is 0. The average Bonchev–Trinajstić information content (AvgIpc) is 2.35. The van der Waals surface area contributed by atoms with Gasteiger partial charge in [0.25, 0.3) is 0 Å². The van der Waals surface area contributed by atoms with E-state index in [0.29, 0.717) is 12.0 Å². The molecule has 0 heterocycles. The lowest BCUT2D eigenvalue weighted by Gasteiger charge is -2.26. The van der Waals surface area contributed by atoms with E-state index in [9.17, 15) is 0 Å². The smallest absolute Gasteiger partial charge is 0.0136 e. The summed E-state index contributed by atoms with van der Waals surface area (Å²) in [5.41, 5.74) is 2.71. The average molecular weight is 231 g/mol. The first kappa shape index (κ1) is 14.0. The van der Waals surface area contributed by atoms with Crippen LogP contribution in [-0.4, -0.2) is 13.1 Å². The molecule has 0 spiro atoms. The van der Waals surface area contributed by atoms with E-state index in [0.717, 1.165) is 6.42 Å². The minimum atomic E-state index is 0.541. The first-order valence-corrected chi connectivity index (χ1v) is 6.55. The van der Waals surface area contributed by atoms with Crippen molar-refractivity contribution in [3.05, 3.63) is 48.0 Å². The fourth-order valence-electron chi connectivity index (χ4n) is 2.40. The maximum absolute atomic E-state index is 3.99. The molecule has 0 aromatic heterocycles. The third-order valence-corrected chi connectivity index (χ3v) is 3.41. The lowest BCUT2D eigenvalue weighted by Crippen LogP contribution is -2.32. The molecular formula is C16H25N. The highest BCUT2D eigenvalue weighted by atomic mass is 14.9. The lowest BCUT2D eigenvalue weighted by atomic mass is 9.86. The van der Waals surface area contributed by atoms with Crippen LogP contribution >= 0.6 is 0 Å². The molecule has 0 fully saturated rings. The molecule has 1 aromatic carbocycles. The van der Waals surface area contributed by atoms with E-state index in [1.165, 1.54) is 24.0 Å². The molecule has 1 rings (SSSR count). The van der Waals surface area contributed by atoms with Crippen LogP contribution in [0.4, 0.5) is 0 Å². The largest absolute Gasteiger partial charge is 0.316 e. The number of allylic oxidation sites excluding steroid dienone is 1. The zero-order valence-corrected chi connectivity index (χ0v) is 11.4. The van der Waals surface area contributed by atoms with Gasteiger partial charge in [-0.15, -0.1) is 6.58 Å². The number of likely N-dealkylation sites (N-methyl/N-ethyl adjacent to an activating group) is 1. The predicted octanol–water partition coefficient (Wildman–Crippen LogP) is 4.12. The molecule has 1 heteroatoms. The molecule has 0 aliphatic carbocycles. The highest BCUT2D eigenvalue weighted by Gasteiger charge is 2.19. The van der Waals surface area contributed by atoms with Crippen molar-refractivity contribution >= 4 is 0 Å². The van der Waals surface area contributed by atoms with E-state index in [-0.39, 0.29) is 0 Å². The molecular weight excluding hydrogens is 206 g/mol. The normalized spacial score (nSPS) is 14.3. The first-order valence-electron chi connectivity index (χ1n) is 6.55. The van der Waals surface area contributed by atoms with Crippen molar-refractivity contribution in [2.24, 2.45) is 0 Å². The third-order valence-electron chi connectivity index (χ3n) is 3.41. The predicted molar refractivity (Wildman–Crippen MR) is 76.4 cm³/mol. The van der Waals surface area contributed by atoms with Crippen LogP contribution in [0.15, 0.2) is 42.5 Å². The molecule has 0 saturated heterocycles. The van der Waals surface area contributed by atoms with Gasteiger partial charge in [0.15, 0.2) is 0 Å². The van der Waals surface area contributed by atoms with Crippen molar-refractivity contribution in [3.63, 3.8) is 0 Å². The Kier molecular flexibility index (Phi) is 5.99. The molecule has 1 N–H and O–H groups in total. The van der Waals surface area contributed by atoms with Crippen molar-refractivity contribution in [2.45, 2.75) is 45.1 Å². The van der Waals surface area contributed by atoms with Gasteiger partial charge >= 0.3 is 0 Å². The molecule has 2 atom stereocenters. The minimum absolute atomic E-state index is 0.541. The quantitative estimate of drug-likeness (QED) is 0.696. The summed E-state index contributed by atoms with van der Waals surface area (Å²) in [7, 11) is 2.06. The van der Waals surface area contributed by atoms with Crippen LogP contribution < -0.4 is 5.32 Å². The SMILES string of the molecule is C=C(C)CCC(NC)C(CC)c1ccccc1. The van der Waals surface area contributed by atoms with Gasteiger partial charge in [0.1, 0.15) is 0 Å². The van der Waals surface area contributed by atoms with E-state index in [2.05, 4.69) is 63.1 Å². The zero-order valence-electron chi connectivity index (χ0n) is 11.4. The molecule has 0 radical (unpaired) electrons. The van der Waals surface area contributed by atoms with Gasteiger partial charge in [-0.3, -0.25) is 0 Å². The topological polar surface area (TPSA) is 12.0 Å². The summed E-state index contributed by atoms with van der Waals surface area (Å²) in [6, 6.07) is 11.4. The van der Waals surface area contributed by atoms with Gasteiger partial charge < -0.3 is 5.32 Å². The van der Waals surface area contributed by atoms with Crippen LogP contribution in [0, 0.1) is 0 Å². The van der Waals surface area contributed by atoms with Crippen molar-refractivity contribution in [1.82, 2.24) is 5.32 Å². The molecule has 0 bridgehead atoms. The van der Waals surface area contributed by atoms with E-state index < -0.39 is 0 Å². The molecule has 1 nitrogen and oxygen atoms in total. The van der Waals surface area contributed by atoms with Gasteiger partial charge in [0.2, 0.25) is 0 Å². The Bertz CT molecular complexity index is 329. The fourth-order valence-corrected chi connectivity index (χ4v) is 2.40. The third kappa shape index (κ3) is 4.35. The Labute approximate surface area is 106 Å². The maximum Gasteiger partial charge on any atom is 0.0136 e. The van der Waals surface area contributed by atoms with E-state index in [1.807, 2.05) is 0 Å². The maximum atomic E-state index is 3.99. The van der Waals surface area contributed by atoms with Crippen molar-refractivity contribution in [3.8, 4) is 0 Å². The molecule has 0 amide bonds. The Morgan fingerprint density at radius 1 is 1.29 bits per heavy atom. The van der Waals surface area contributed by atoms with Crippen LogP contribution in [0.2, 0.25) is 0 Å². The number of nitrogens with one attached hydrogen (secondary N) is 1. The summed E-state index contributed by atoms with van der Waals surface area (Å²) in [5, 5.41) is 3.47. The molecule has 94 valence electrons. The monoisotopic (exact) mass is 231 g/mol. The summed E-state index contributed by atoms with van der Waals surface area (Å²) in [4.78, 5) is 0. The van der Waals surface area contributed by atoms with Gasteiger partial charge in [-0.1, -0.05) is 42.8 Å². The van der Waals surface area contributed by atoms with Gasteiger partial charge in [0, 0.05) is 6.04 Å². The Morgan fingerprint density at radius 3 is 2.41 bits per heavy atom. The molecule has 17 heavy (non-hydrogen) atoms. The van der Waals surface area contributed by atoms with Crippen molar-refractivity contribution in [1.29, 1.82) is 0 Å². The van der Waals surface area contributed by atoms with Gasteiger partial charge in [-0.25, -0.2) is 0 Å². The summed E-state index contributed by atoms with van der Waals surface area (Å²) in [5.74, 6) is 0.598. The number of rotatable bonds is 7. The lowest BCUT2D eigenvalue weighted by molar-refractivity contribution is 0.425. The van der Waals surface area contributed by atoms with Gasteiger partial charge in [0.05, 0.1) is 0 Å². The van der Waals surface area contributed by atoms with Crippen molar-refractivity contribution < 1.29 is 0 Å². The summed E-state index contributed by atoms with van der Waals surface area (Å²) < 4.78 is 0. The summed E-state index contributed by atoms with van der Waals surface area (Å²) in [6.07, 6.45) is 3.44. The van der Waals surface area contributed by atoms with Crippen LogP contribution in [-0.2, 0) is 0 Å². The molecule has 0 aliphatic heterocycles. The molecule has 0 aliphatic rings. The van der Waals surface area contributed by atoms with Crippen molar-refractivity contribution in [2.75, 3.05) is 7.05 Å². The molecule has 0 saturated carbocycles. The Hall–Kier alpha value is -1.08. The van der Waals surface area contributed by atoms with E-state index in [1.54, 1.807) is 0 Å². The van der Waals surface area contributed by atoms with Gasteiger partial charge in [-0.05, 0) is 44.7 Å². The number of hydrogen-bond acceptors (Lipinski definition) is 1. The number of hydrogen-bond donors (Lipinski definition) is 1. The second kappa shape index (κ2) is 7.29. The molecule has 1 aromatic rings. The minimum Gasteiger partial charge on any atom is -0.316 e. The highest BCUT2D eigenvalue weighted by molar-refractivity contribution is 5.21. The zero-order chi connectivity index (χ0) is 12.7. The van der Waals surface area contributed by atoms with Crippen LogP contribution in [0.1, 0.15) is 44.6 Å². The van der Waals surface area contributed by atoms with E-state index in [4.69, 9.17) is 0 Å². The highest BCUT2D eigenvalue weighted by Crippen LogP contribution is 2.26. The van der Waals surface area contributed by atoms with Crippen LogP contribution in [0.3, 0.4) is 0 Å². The van der Waals surface area contributed by atoms with Gasteiger partial charge in [-0.2, -0.15) is 0 Å². The van der Waals surface area contributed by atoms with Crippen LogP contribution in [0.25, 0.3) is 0 Å². The second-order valence-electron chi connectivity index (χ2n) is 4.82. The summed E-state index contributed by atoms with van der Waals surface area (Å²) in [6.45, 7) is 8.37. The Morgan fingerprint density at radius 2 is 1.94 bits per heavy atom. The first-order chi connectivity index (χ1) is 8.19. The Balaban J connectivity index is 2.73.